The van der Waals surface area contributed by atoms with E-state index >= 15 is 0 Å². The highest BCUT2D eigenvalue weighted by Crippen LogP contribution is 2.07. The number of pyridine rings is 2. The Morgan fingerprint density at radius 1 is 1.00 bits per heavy atom. The third-order valence-corrected chi connectivity index (χ3v) is 1.69. The fourth-order valence-corrected chi connectivity index (χ4v) is 1.03. The first-order chi connectivity index (χ1) is 6.95. The average Bonchev–Trinajstić information content (AvgIpc) is 2.29. The second-order valence-electron chi connectivity index (χ2n) is 2.76. The minimum Gasteiger partial charge on any atom is -0.264 e. The van der Waals surface area contributed by atoms with Crippen molar-refractivity contribution in [3.05, 3.63) is 54.6 Å². The predicted molar refractivity (Wildman–Crippen MR) is 55.7 cm³/mol. The molecule has 3 heteroatoms. The Labute approximate surface area is 82.2 Å². The van der Waals surface area contributed by atoms with E-state index in [0.29, 0.717) is 0 Å². The monoisotopic (exact) mass is 183 g/mol. The van der Waals surface area contributed by atoms with Gasteiger partial charge in [0.1, 0.15) is 0 Å². The van der Waals surface area contributed by atoms with E-state index in [1.165, 1.54) is 0 Å². The lowest BCUT2D eigenvalue weighted by Crippen LogP contribution is -1.80. The van der Waals surface area contributed by atoms with E-state index in [9.17, 15) is 0 Å². The smallest absolute Gasteiger partial charge is 0.0813 e. The van der Waals surface area contributed by atoms with Crippen LogP contribution in [-0.4, -0.2) is 16.2 Å². The maximum Gasteiger partial charge on any atom is 0.0813 e. The minimum absolute atomic E-state index is 0.844. The molecule has 2 aromatic rings. The Morgan fingerprint density at radius 3 is 2.43 bits per heavy atom. The summed E-state index contributed by atoms with van der Waals surface area (Å²) in [6, 6.07) is 7.59. The van der Waals surface area contributed by atoms with Crippen molar-refractivity contribution in [2.45, 2.75) is 0 Å². The van der Waals surface area contributed by atoms with Gasteiger partial charge in [-0.3, -0.25) is 15.0 Å². The second kappa shape index (κ2) is 4.28. The number of hydrogen-bond acceptors (Lipinski definition) is 3. The number of aromatic nitrogens is 2. The van der Waals surface area contributed by atoms with Crippen LogP contribution < -0.4 is 0 Å². The summed E-state index contributed by atoms with van der Waals surface area (Å²) in [6.07, 6.45) is 8.71. The topological polar surface area (TPSA) is 38.1 Å². The van der Waals surface area contributed by atoms with E-state index in [0.717, 1.165) is 11.3 Å². The number of hydrogen-bond donors (Lipinski definition) is 0. The van der Waals surface area contributed by atoms with Gasteiger partial charge in [-0.25, -0.2) is 0 Å². The molecule has 14 heavy (non-hydrogen) atoms. The Balaban J connectivity index is 2.16. The lowest BCUT2D eigenvalue weighted by atomic mass is 10.3. The van der Waals surface area contributed by atoms with Crippen molar-refractivity contribution in [2.24, 2.45) is 4.99 Å². The Bertz CT molecular complexity index is 368. The Morgan fingerprint density at radius 2 is 1.79 bits per heavy atom. The molecule has 2 aromatic heterocycles. The van der Waals surface area contributed by atoms with Crippen molar-refractivity contribution in [2.75, 3.05) is 0 Å². The van der Waals surface area contributed by atoms with Crippen LogP contribution in [0.2, 0.25) is 0 Å². The van der Waals surface area contributed by atoms with Crippen LogP contribution in [0, 0.1) is 0 Å². The highest BCUT2D eigenvalue weighted by molar-refractivity contribution is 5.81. The summed E-state index contributed by atoms with van der Waals surface area (Å²) in [4.78, 5) is 12.2. The maximum absolute atomic E-state index is 4.25. The van der Waals surface area contributed by atoms with Crippen LogP contribution in [0.1, 0.15) is 5.56 Å². The highest BCUT2D eigenvalue weighted by Gasteiger charge is 1.86. The summed E-state index contributed by atoms with van der Waals surface area (Å²) in [6.45, 7) is 0. The molecule has 2 heterocycles. The predicted octanol–water partition coefficient (Wildman–Crippen LogP) is 2.23. The maximum atomic E-state index is 4.25. The van der Waals surface area contributed by atoms with Gasteiger partial charge in [0.2, 0.25) is 0 Å². The van der Waals surface area contributed by atoms with Crippen molar-refractivity contribution in [3.8, 4) is 0 Å². The van der Waals surface area contributed by atoms with E-state index in [1.807, 2.05) is 24.3 Å². The molecular weight excluding hydrogens is 174 g/mol. The molecular formula is C11H9N3. The third kappa shape index (κ3) is 2.23. The Kier molecular flexibility index (Phi) is 2.62. The van der Waals surface area contributed by atoms with E-state index in [2.05, 4.69) is 15.0 Å². The summed E-state index contributed by atoms with van der Waals surface area (Å²) in [7, 11) is 0. The van der Waals surface area contributed by atoms with Gasteiger partial charge in [-0.1, -0.05) is 6.07 Å². The van der Waals surface area contributed by atoms with Gasteiger partial charge in [-0.05, 0) is 18.2 Å². The van der Waals surface area contributed by atoms with Crippen molar-refractivity contribution < 1.29 is 0 Å². The molecule has 0 aromatic carbocycles. The van der Waals surface area contributed by atoms with Crippen LogP contribution in [0.5, 0.6) is 0 Å². The zero-order valence-electron chi connectivity index (χ0n) is 7.54. The van der Waals surface area contributed by atoms with Crippen molar-refractivity contribution >= 4 is 11.9 Å². The Hall–Kier alpha value is -2.03. The largest absolute Gasteiger partial charge is 0.264 e. The van der Waals surface area contributed by atoms with E-state index in [1.54, 1.807) is 31.0 Å². The highest BCUT2D eigenvalue weighted by atomic mass is 14.8. The minimum atomic E-state index is 0.844. The lowest BCUT2D eigenvalue weighted by molar-refractivity contribution is 1.30. The molecule has 0 N–H and O–H groups in total. The summed E-state index contributed by atoms with van der Waals surface area (Å²) in [5, 5.41) is 0. The average molecular weight is 183 g/mol. The number of rotatable bonds is 2. The fraction of sp³-hybridized carbons (Fsp3) is 0. The summed E-state index contributed by atoms with van der Waals surface area (Å²) >= 11 is 0. The molecule has 0 aliphatic rings. The van der Waals surface area contributed by atoms with Gasteiger partial charge < -0.3 is 0 Å². The molecule has 0 saturated heterocycles. The van der Waals surface area contributed by atoms with Crippen molar-refractivity contribution in [3.63, 3.8) is 0 Å². The van der Waals surface area contributed by atoms with Crippen LogP contribution in [0.3, 0.4) is 0 Å². The third-order valence-electron chi connectivity index (χ3n) is 1.69. The first-order valence-electron chi connectivity index (χ1n) is 4.29. The molecule has 0 spiro atoms. The van der Waals surface area contributed by atoms with Gasteiger partial charge in [0, 0.05) is 30.4 Å². The molecule has 0 atom stereocenters. The first-order valence-corrected chi connectivity index (χ1v) is 4.29. The number of nitrogens with zero attached hydrogens (tertiary/aromatic N) is 3. The molecule has 0 amide bonds. The zero-order valence-corrected chi connectivity index (χ0v) is 7.54. The lowest BCUT2D eigenvalue weighted by Gasteiger charge is -1.91. The summed E-state index contributed by atoms with van der Waals surface area (Å²) in [5.74, 6) is 0. The molecule has 3 nitrogen and oxygen atoms in total. The molecule has 2 rings (SSSR count). The van der Waals surface area contributed by atoms with Gasteiger partial charge in [-0.15, -0.1) is 0 Å². The molecule has 0 radical (unpaired) electrons. The summed E-state index contributed by atoms with van der Waals surface area (Å²) in [5.41, 5.74) is 1.83. The second-order valence-corrected chi connectivity index (χ2v) is 2.76. The van der Waals surface area contributed by atoms with Crippen LogP contribution in [0.15, 0.2) is 54.0 Å². The van der Waals surface area contributed by atoms with E-state index < -0.39 is 0 Å². The molecule has 0 unspecified atom stereocenters. The van der Waals surface area contributed by atoms with Gasteiger partial charge >= 0.3 is 0 Å². The molecule has 0 bridgehead atoms. The molecule has 0 saturated carbocycles. The van der Waals surface area contributed by atoms with E-state index in [4.69, 9.17) is 0 Å². The molecule has 68 valence electrons. The van der Waals surface area contributed by atoms with Crippen LogP contribution in [-0.2, 0) is 0 Å². The SMILES string of the molecule is C(=Nc1cccnc1)c1cccnc1. The van der Waals surface area contributed by atoms with Gasteiger partial charge in [0.05, 0.1) is 11.9 Å². The van der Waals surface area contributed by atoms with Gasteiger partial charge in [0.15, 0.2) is 0 Å². The molecule has 0 aliphatic carbocycles. The summed E-state index contributed by atoms with van der Waals surface area (Å²) < 4.78 is 0. The number of aliphatic imine (C=N–C) groups is 1. The molecule has 0 fully saturated rings. The van der Waals surface area contributed by atoms with E-state index in [-0.39, 0.29) is 0 Å². The van der Waals surface area contributed by atoms with Gasteiger partial charge in [-0.2, -0.15) is 0 Å². The molecule has 0 aliphatic heterocycles. The first kappa shape index (κ1) is 8.56. The van der Waals surface area contributed by atoms with Gasteiger partial charge in [0.25, 0.3) is 0 Å². The van der Waals surface area contributed by atoms with Crippen LogP contribution in [0.4, 0.5) is 5.69 Å². The van der Waals surface area contributed by atoms with Crippen LogP contribution in [0.25, 0.3) is 0 Å². The normalized spacial score (nSPS) is 10.6. The van der Waals surface area contributed by atoms with Crippen molar-refractivity contribution in [1.82, 2.24) is 9.97 Å². The van der Waals surface area contributed by atoms with Crippen LogP contribution >= 0.6 is 0 Å². The zero-order chi connectivity index (χ0) is 9.64. The fourth-order valence-electron chi connectivity index (χ4n) is 1.03. The van der Waals surface area contributed by atoms with Crippen molar-refractivity contribution in [1.29, 1.82) is 0 Å². The quantitative estimate of drug-likeness (QED) is 0.669. The standard InChI is InChI=1S/C11H9N3/c1-3-10(7-12-5-1)8-14-11-4-2-6-13-9-11/h1-9H.